The Balaban J connectivity index is 1.87. The molecule has 1 aliphatic heterocycles. The average Bonchev–Trinajstić information content (AvgIpc) is 2.93. The second-order valence-electron chi connectivity index (χ2n) is 4.88. The number of likely N-dealkylation sites (tertiary alicyclic amines) is 1. The molecule has 0 bridgehead atoms. The van der Waals surface area contributed by atoms with Gasteiger partial charge in [-0.2, -0.15) is 0 Å². The number of para-hydroxylation sites is 1. The number of rotatable bonds is 3. The molecule has 1 atom stereocenters. The number of nitrogens with zero attached hydrogens (tertiary/aromatic N) is 2. The summed E-state index contributed by atoms with van der Waals surface area (Å²) in [4.78, 5) is 17.0. The van der Waals surface area contributed by atoms with E-state index < -0.39 is 11.6 Å². The zero-order chi connectivity index (χ0) is 13.5. The molecule has 6 heteroatoms. The van der Waals surface area contributed by atoms with Crippen molar-refractivity contribution < 1.29 is 9.18 Å². The molecule has 0 saturated carbocycles. The van der Waals surface area contributed by atoms with Crippen LogP contribution < -0.4 is 5.73 Å². The third kappa shape index (κ3) is 2.33. The van der Waals surface area contributed by atoms with Gasteiger partial charge < -0.3 is 5.73 Å². The van der Waals surface area contributed by atoms with Gasteiger partial charge in [-0.05, 0) is 12.1 Å². The number of fused-ring (bicyclic) bond motifs is 1. The number of carbonyl (C=O) groups is 1. The molecular formula is C13H14FN3OS. The molecule has 1 amide bonds. The van der Waals surface area contributed by atoms with Crippen molar-refractivity contribution in [3.05, 3.63) is 29.3 Å². The molecule has 1 saturated heterocycles. The van der Waals surface area contributed by atoms with Crippen LogP contribution in [-0.4, -0.2) is 35.4 Å². The van der Waals surface area contributed by atoms with Gasteiger partial charge in [0.1, 0.15) is 5.01 Å². The van der Waals surface area contributed by atoms with Crippen LogP contribution in [0.15, 0.2) is 24.3 Å². The summed E-state index contributed by atoms with van der Waals surface area (Å²) in [5, 5.41) is 0.501. The fraction of sp³-hybridized carbons (Fsp3) is 0.385. The molecule has 2 N–H and O–H groups in total. The van der Waals surface area contributed by atoms with Crippen LogP contribution in [-0.2, 0) is 10.5 Å². The number of hydrogen-bond donors (Lipinski definition) is 1. The largest absolute Gasteiger partial charge is 0.369 e. The Morgan fingerprint density at radius 1 is 1.53 bits per heavy atom. The van der Waals surface area contributed by atoms with Gasteiger partial charge in [-0.25, -0.2) is 9.37 Å². The zero-order valence-electron chi connectivity index (χ0n) is 10.3. The van der Waals surface area contributed by atoms with Crippen LogP contribution in [0.25, 0.3) is 10.2 Å². The van der Waals surface area contributed by atoms with Crippen molar-refractivity contribution in [1.82, 2.24) is 9.88 Å². The molecule has 2 aromatic rings. The van der Waals surface area contributed by atoms with Gasteiger partial charge in [0.15, 0.2) is 5.67 Å². The number of alkyl halides is 1. The predicted octanol–water partition coefficient (Wildman–Crippen LogP) is 1.65. The van der Waals surface area contributed by atoms with Gasteiger partial charge in [-0.1, -0.05) is 12.1 Å². The normalized spacial score (nSPS) is 24.1. The second-order valence-corrected chi connectivity index (χ2v) is 5.91. The van der Waals surface area contributed by atoms with E-state index in [0.29, 0.717) is 18.0 Å². The molecule has 19 heavy (non-hydrogen) atoms. The van der Waals surface area contributed by atoms with Gasteiger partial charge in [0.25, 0.3) is 0 Å². The van der Waals surface area contributed by atoms with Crippen molar-refractivity contribution in [2.75, 3.05) is 19.6 Å². The van der Waals surface area contributed by atoms with Crippen LogP contribution >= 0.6 is 11.3 Å². The van der Waals surface area contributed by atoms with Gasteiger partial charge in [-0.15, -0.1) is 11.3 Å². The highest BCUT2D eigenvalue weighted by Gasteiger charge is 2.42. The third-order valence-corrected chi connectivity index (χ3v) is 4.57. The molecule has 4 nitrogen and oxygen atoms in total. The monoisotopic (exact) mass is 279 g/mol. The lowest BCUT2D eigenvalue weighted by molar-refractivity contribution is -0.119. The van der Waals surface area contributed by atoms with E-state index >= 15 is 0 Å². The molecule has 1 aliphatic rings. The summed E-state index contributed by atoms with van der Waals surface area (Å²) in [6, 6.07) is 7.64. The average molecular weight is 279 g/mol. The number of nitrogens with two attached hydrogens (primary N) is 1. The van der Waals surface area contributed by atoms with Crippen LogP contribution in [0.5, 0.6) is 0 Å². The number of primary amides is 1. The molecule has 1 aromatic carbocycles. The molecule has 0 aliphatic carbocycles. The number of carbonyl (C=O) groups excluding carboxylic acids is 1. The maximum atomic E-state index is 14.9. The van der Waals surface area contributed by atoms with Crippen LogP contribution in [0.4, 0.5) is 4.39 Å². The minimum atomic E-state index is -1.46. The Bertz CT molecular complexity index is 596. The highest BCUT2D eigenvalue weighted by molar-refractivity contribution is 7.18. The van der Waals surface area contributed by atoms with E-state index in [9.17, 15) is 9.18 Å². The number of benzene rings is 1. The molecule has 3 rings (SSSR count). The number of halogens is 1. The Kier molecular flexibility index (Phi) is 2.99. The zero-order valence-corrected chi connectivity index (χ0v) is 11.1. The smallest absolute Gasteiger partial charge is 0.231 e. The lowest BCUT2D eigenvalue weighted by atomic mass is 10.1. The lowest BCUT2D eigenvalue weighted by Crippen LogP contribution is -2.34. The molecule has 1 aromatic heterocycles. The van der Waals surface area contributed by atoms with E-state index in [0.717, 1.165) is 10.2 Å². The maximum Gasteiger partial charge on any atom is 0.231 e. The quantitative estimate of drug-likeness (QED) is 0.929. The molecule has 0 spiro atoms. The molecular weight excluding hydrogens is 265 g/mol. The van der Waals surface area contributed by atoms with Crippen LogP contribution in [0.1, 0.15) is 11.4 Å². The standard InChI is InChI=1S/C13H14FN3OS/c14-13(5-6-17(8-13)7-11(15)18)12-16-9-3-1-2-4-10(9)19-12/h1-4H,5-8H2,(H2,15,18). The number of aromatic nitrogens is 1. The Morgan fingerprint density at radius 3 is 3.05 bits per heavy atom. The van der Waals surface area contributed by atoms with E-state index in [2.05, 4.69) is 4.98 Å². The summed E-state index contributed by atoms with van der Waals surface area (Å²) in [6.45, 7) is 0.835. The number of hydrogen-bond acceptors (Lipinski definition) is 4. The first-order valence-corrected chi connectivity index (χ1v) is 6.94. The molecule has 2 heterocycles. The second kappa shape index (κ2) is 4.54. The van der Waals surface area contributed by atoms with Gasteiger partial charge >= 0.3 is 0 Å². The third-order valence-electron chi connectivity index (χ3n) is 3.36. The molecule has 0 radical (unpaired) electrons. The van der Waals surface area contributed by atoms with Gasteiger partial charge in [0.2, 0.25) is 5.91 Å². The summed E-state index contributed by atoms with van der Waals surface area (Å²) in [5.41, 5.74) is 4.51. The van der Waals surface area contributed by atoms with Crippen molar-refractivity contribution >= 4 is 27.5 Å². The summed E-state index contributed by atoms with van der Waals surface area (Å²) in [6.07, 6.45) is 0.361. The molecule has 100 valence electrons. The van der Waals surface area contributed by atoms with E-state index in [1.165, 1.54) is 11.3 Å². The van der Waals surface area contributed by atoms with Crippen molar-refractivity contribution in [1.29, 1.82) is 0 Å². The van der Waals surface area contributed by atoms with Crippen LogP contribution in [0, 0.1) is 0 Å². The summed E-state index contributed by atoms with van der Waals surface area (Å²) in [7, 11) is 0. The van der Waals surface area contributed by atoms with Gasteiger partial charge in [0, 0.05) is 19.5 Å². The highest BCUT2D eigenvalue weighted by atomic mass is 32.1. The predicted molar refractivity (Wildman–Crippen MR) is 72.7 cm³/mol. The summed E-state index contributed by atoms with van der Waals surface area (Å²) in [5.74, 6) is -0.423. The van der Waals surface area contributed by atoms with Crippen molar-refractivity contribution in [2.45, 2.75) is 12.1 Å². The fourth-order valence-corrected chi connectivity index (χ4v) is 3.51. The van der Waals surface area contributed by atoms with Crippen LogP contribution in [0.2, 0.25) is 0 Å². The molecule has 1 fully saturated rings. The SMILES string of the molecule is NC(=O)CN1CCC(F)(c2nc3ccccc3s2)C1. The maximum absolute atomic E-state index is 14.9. The van der Waals surface area contributed by atoms with E-state index in [4.69, 9.17) is 5.73 Å². The van der Waals surface area contributed by atoms with Crippen LogP contribution in [0.3, 0.4) is 0 Å². The first-order valence-electron chi connectivity index (χ1n) is 6.12. The topological polar surface area (TPSA) is 59.2 Å². The first kappa shape index (κ1) is 12.5. The number of thiazole rings is 1. The fourth-order valence-electron chi connectivity index (χ4n) is 2.44. The van der Waals surface area contributed by atoms with Gasteiger partial charge in [0.05, 0.1) is 16.8 Å². The van der Waals surface area contributed by atoms with Crippen molar-refractivity contribution in [2.24, 2.45) is 5.73 Å². The minimum absolute atomic E-state index is 0.108. The Morgan fingerprint density at radius 2 is 2.32 bits per heavy atom. The summed E-state index contributed by atoms with van der Waals surface area (Å²) < 4.78 is 15.9. The first-order chi connectivity index (χ1) is 9.07. The minimum Gasteiger partial charge on any atom is -0.369 e. The van der Waals surface area contributed by atoms with Crippen molar-refractivity contribution in [3.8, 4) is 0 Å². The highest BCUT2D eigenvalue weighted by Crippen LogP contribution is 2.39. The van der Waals surface area contributed by atoms with Crippen molar-refractivity contribution in [3.63, 3.8) is 0 Å². The lowest BCUT2D eigenvalue weighted by Gasteiger charge is -2.17. The van der Waals surface area contributed by atoms with E-state index in [1.807, 2.05) is 24.3 Å². The molecule has 1 unspecified atom stereocenters. The summed E-state index contributed by atoms with van der Waals surface area (Å²) >= 11 is 1.39. The number of amides is 1. The Hall–Kier alpha value is -1.53. The van der Waals surface area contributed by atoms with E-state index in [1.54, 1.807) is 4.90 Å². The van der Waals surface area contributed by atoms with E-state index in [-0.39, 0.29) is 13.1 Å². The Labute approximate surface area is 114 Å². The van der Waals surface area contributed by atoms with Gasteiger partial charge in [-0.3, -0.25) is 9.69 Å².